The normalized spacial score (nSPS) is 13.5. The predicted octanol–water partition coefficient (Wildman–Crippen LogP) is 3.17. The van der Waals surface area contributed by atoms with Gasteiger partial charge in [-0.2, -0.15) is 0 Å². The number of nitrogens with zero attached hydrogens (tertiary/aromatic N) is 1. The summed E-state index contributed by atoms with van der Waals surface area (Å²) < 4.78 is 0. The van der Waals surface area contributed by atoms with Crippen LogP contribution in [0.25, 0.3) is 5.57 Å². The van der Waals surface area contributed by atoms with Crippen molar-refractivity contribution in [3.05, 3.63) is 58.9 Å². The van der Waals surface area contributed by atoms with Gasteiger partial charge >= 0.3 is 0 Å². The summed E-state index contributed by atoms with van der Waals surface area (Å²) in [7, 11) is 1.84. The van der Waals surface area contributed by atoms with Gasteiger partial charge in [0.2, 0.25) is 0 Å². The Kier molecular flexibility index (Phi) is 6.30. The number of rotatable bonds is 5. The van der Waals surface area contributed by atoms with Crippen LogP contribution in [-0.4, -0.2) is 18.6 Å². The molecule has 4 heteroatoms. The van der Waals surface area contributed by atoms with Crippen molar-refractivity contribution >= 4 is 30.8 Å². The van der Waals surface area contributed by atoms with Gasteiger partial charge < -0.3 is 0 Å². The first kappa shape index (κ1) is 15.5. The molecule has 0 atom stereocenters. The van der Waals surface area contributed by atoms with E-state index in [2.05, 4.69) is 4.98 Å². The molecule has 0 aliphatic heterocycles. The average molecular weight is 274 g/mol. The van der Waals surface area contributed by atoms with E-state index in [0.29, 0.717) is 16.9 Å². The fourth-order valence-corrected chi connectivity index (χ4v) is 1.80. The van der Waals surface area contributed by atoms with Crippen LogP contribution in [0.5, 0.6) is 0 Å². The van der Waals surface area contributed by atoms with Gasteiger partial charge in [0.25, 0.3) is 0 Å². The molecule has 0 spiro atoms. The van der Waals surface area contributed by atoms with Gasteiger partial charge in [-0.05, 0) is 43.4 Å². The fraction of sp³-hybridized carbons (Fsp3) is 0.200. The molecule has 1 aromatic heterocycles. The number of ketones is 1. The van der Waals surface area contributed by atoms with E-state index in [0.717, 1.165) is 11.1 Å². The summed E-state index contributed by atoms with van der Waals surface area (Å²) in [6.07, 6.45) is 9.27. The molecule has 0 amide bonds. The Morgan fingerprint density at radius 3 is 2.79 bits per heavy atom. The van der Waals surface area contributed by atoms with Crippen LogP contribution >= 0.6 is 11.6 Å². The van der Waals surface area contributed by atoms with E-state index in [1.165, 1.54) is 0 Å². The number of carbonyl (C=O) groups excluding carboxylic acids is 1. The van der Waals surface area contributed by atoms with E-state index < -0.39 is 0 Å². The monoisotopic (exact) mass is 273 g/mol. The van der Waals surface area contributed by atoms with E-state index in [4.69, 9.17) is 11.6 Å². The number of aromatic nitrogens is 1. The molecule has 0 aliphatic rings. The van der Waals surface area contributed by atoms with E-state index >= 15 is 0 Å². The first-order chi connectivity index (χ1) is 9.10. The Morgan fingerprint density at radius 2 is 2.26 bits per heavy atom. The van der Waals surface area contributed by atoms with E-state index in [-0.39, 0.29) is 5.78 Å². The van der Waals surface area contributed by atoms with Gasteiger partial charge in [-0.1, -0.05) is 29.8 Å². The number of halogens is 1. The van der Waals surface area contributed by atoms with Crippen LogP contribution in [0.2, 0.25) is 6.32 Å². The lowest BCUT2D eigenvalue weighted by molar-refractivity contribution is -0.113. The van der Waals surface area contributed by atoms with Gasteiger partial charge in [-0.3, -0.25) is 9.78 Å². The molecule has 0 saturated carbocycles. The zero-order chi connectivity index (χ0) is 14.3. The van der Waals surface area contributed by atoms with Crippen molar-refractivity contribution in [2.45, 2.75) is 20.2 Å². The zero-order valence-corrected chi connectivity index (χ0v) is 12.2. The minimum atomic E-state index is 0.0789. The molecular weight excluding hydrogens is 256 g/mol. The second-order valence-corrected chi connectivity index (χ2v) is 4.50. The molecule has 0 saturated heterocycles. The van der Waals surface area contributed by atoms with Crippen molar-refractivity contribution in [3.63, 3.8) is 0 Å². The van der Waals surface area contributed by atoms with Gasteiger partial charge in [0.1, 0.15) is 7.85 Å². The molecule has 0 radical (unpaired) electrons. The Morgan fingerprint density at radius 1 is 1.53 bits per heavy atom. The molecule has 19 heavy (non-hydrogen) atoms. The van der Waals surface area contributed by atoms with E-state index in [1.54, 1.807) is 24.5 Å². The number of hydrogen-bond acceptors (Lipinski definition) is 2. The third-order valence-electron chi connectivity index (χ3n) is 2.72. The molecule has 1 aromatic rings. The van der Waals surface area contributed by atoms with Crippen molar-refractivity contribution in [1.82, 2.24) is 4.98 Å². The average Bonchev–Trinajstić information content (AvgIpc) is 2.46. The molecule has 1 heterocycles. The van der Waals surface area contributed by atoms with Crippen LogP contribution in [0.4, 0.5) is 0 Å². The van der Waals surface area contributed by atoms with E-state index in [9.17, 15) is 4.79 Å². The van der Waals surface area contributed by atoms with Gasteiger partial charge in [0.05, 0.1) is 0 Å². The molecular formula is C15H17BClNO. The summed E-state index contributed by atoms with van der Waals surface area (Å²) in [6, 6.07) is 3.80. The van der Waals surface area contributed by atoms with Gasteiger partial charge in [-0.15, -0.1) is 0 Å². The van der Waals surface area contributed by atoms with Crippen LogP contribution in [0.15, 0.2) is 53.4 Å². The third-order valence-corrected chi connectivity index (χ3v) is 3.12. The molecule has 1 rings (SSSR count). The number of hydrogen-bond donors (Lipinski definition) is 0. The third kappa shape index (κ3) is 4.53. The second-order valence-electron chi connectivity index (χ2n) is 4.09. The Bertz CT molecular complexity index is 532. The molecule has 0 aromatic carbocycles. The molecule has 0 fully saturated rings. The van der Waals surface area contributed by atoms with Crippen molar-refractivity contribution in [2.24, 2.45) is 0 Å². The maximum absolute atomic E-state index is 11.8. The first-order valence-electron chi connectivity index (χ1n) is 6.24. The SMILES string of the molecule is BCC(=O)C(/C=C/C)=C/C(Cl)=C(\C)c1cccnc1. The molecule has 2 nitrogen and oxygen atoms in total. The predicted molar refractivity (Wildman–Crippen MR) is 83.9 cm³/mol. The fourth-order valence-electron chi connectivity index (χ4n) is 1.57. The summed E-state index contributed by atoms with van der Waals surface area (Å²) in [4.78, 5) is 15.8. The topological polar surface area (TPSA) is 30.0 Å². The van der Waals surface area contributed by atoms with Gasteiger partial charge in [0, 0.05) is 23.0 Å². The minimum Gasteiger partial charge on any atom is -0.295 e. The molecule has 0 bridgehead atoms. The largest absolute Gasteiger partial charge is 0.295 e. The summed E-state index contributed by atoms with van der Waals surface area (Å²) in [5.41, 5.74) is 2.48. The van der Waals surface area contributed by atoms with Crippen molar-refractivity contribution in [2.75, 3.05) is 0 Å². The van der Waals surface area contributed by atoms with Gasteiger partial charge in [-0.25, -0.2) is 0 Å². The summed E-state index contributed by atoms with van der Waals surface area (Å²) in [5.74, 6) is 0.0789. The van der Waals surface area contributed by atoms with Crippen LogP contribution in [0.1, 0.15) is 19.4 Å². The number of Topliss-reactive ketones (excluding diaryl/α,β-unsaturated/α-hetero) is 1. The maximum atomic E-state index is 11.8. The van der Waals surface area contributed by atoms with Crippen LogP contribution in [-0.2, 0) is 4.79 Å². The van der Waals surface area contributed by atoms with Crippen LogP contribution in [0, 0.1) is 0 Å². The summed E-state index contributed by atoms with van der Waals surface area (Å²) in [6.45, 7) is 3.79. The second kappa shape index (κ2) is 7.75. The highest BCUT2D eigenvalue weighted by Crippen LogP contribution is 2.22. The summed E-state index contributed by atoms with van der Waals surface area (Å²) in [5, 5.41) is 0.558. The van der Waals surface area contributed by atoms with Crippen LogP contribution < -0.4 is 0 Å². The first-order valence-corrected chi connectivity index (χ1v) is 6.62. The van der Waals surface area contributed by atoms with Crippen molar-refractivity contribution < 1.29 is 4.79 Å². The Balaban J connectivity index is 3.16. The number of allylic oxidation sites excluding steroid dienone is 6. The van der Waals surface area contributed by atoms with Crippen molar-refractivity contribution in [3.8, 4) is 0 Å². The lowest BCUT2D eigenvalue weighted by atomic mass is 9.95. The zero-order valence-electron chi connectivity index (χ0n) is 11.5. The quantitative estimate of drug-likeness (QED) is 0.468. The lowest BCUT2D eigenvalue weighted by Gasteiger charge is -2.04. The molecule has 0 unspecified atom stereocenters. The molecule has 0 aliphatic carbocycles. The molecule has 0 N–H and O–H groups in total. The highest BCUT2D eigenvalue weighted by Gasteiger charge is 2.06. The highest BCUT2D eigenvalue weighted by atomic mass is 35.5. The number of carbonyl (C=O) groups is 1. The standard InChI is InChI=1S/C15H17BClNO/c1-3-5-12(15(19)9-16)8-14(17)11(2)13-6-4-7-18-10-13/h3-8,10H,9,16H2,1-2H3/b5-3+,12-8+,14-11-. The maximum Gasteiger partial charge on any atom is 0.155 e. The Hall–Kier alpha value is -1.61. The Labute approximate surface area is 120 Å². The van der Waals surface area contributed by atoms with Crippen molar-refractivity contribution in [1.29, 1.82) is 0 Å². The van der Waals surface area contributed by atoms with Gasteiger partial charge in [0.15, 0.2) is 5.78 Å². The lowest BCUT2D eigenvalue weighted by Crippen LogP contribution is -1.99. The van der Waals surface area contributed by atoms with E-state index in [1.807, 2.05) is 39.9 Å². The number of pyridine rings is 1. The van der Waals surface area contributed by atoms with Crippen LogP contribution in [0.3, 0.4) is 0 Å². The minimum absolute atomic E-state index is 0.0789. The highest BCUT2D eigenvalue weighted by molar-refractivity contribution is 6.35. The molecule has 98 valence electrons. The smallest absolute Gasteiger partial charge is 0.155 e. The summed E-state index contributed by atoms with van der Waals surface area (Å²) >= 11 is 6.29.